The Morgan fingerprint density at radius 2 is 2.08 bits per heavy atom. The summed E-state index contributed by atoms with van der Waals surface area (Å²) in [5.74, 6) is 0.621. The maximum atomic E-state index is 5.45. The Labute approximate surface area is 76.3 Å². The monoisotopic (exact) mass is 167 g/mol. The quantitative estimate of drug-likeness (QED) is 0.626. The summed E-state index contributed by atoms with van der Waals surface area (Å²) in [6, 6.07) is 0. The van der Waals surface area contributed by atoms with Gasteiger partial charge in [-0.1, -0.05) is 32.1 Å². The standard InChI is InChI=1S/C11H21N/c1-5-11(7-6-8-12)10(4)9(2)3/h5,9H,1,6-8,12H2,2-4H3/b11-10+. The van der Waals surface area contributed by atoms with Gasteiger partial charge in [-0.05, 0) is 37.8 Å². The lowest BCUT2D eigenvalue weighted by molar-refractivity contribution is 0.737. The minimum Gasteiger partial charge on any atom is -0.330 e. The van der Waals surface area contributed by atoms with Crippen molar-refractivity contribution in [1.82, 2.24) is 0 Å². The fourth-order valence-electron chi connectivity index (χ4n) is 1.12. The highest BCUT2D eigenvalue weighted by Gasteiger charge is 2.02. The Morgan fingerprint density at radius 3 is 2.42 bits per heavy atom. The summed E-state index contributed by atoms with van der Waals surface area (Å²) in [6.07, 6.45) is 4.10. The highest BCUT2D eigenvalue weighted by atomic mass is 14.5. The molecule has 0 bridgehead atoms. The minimum atomic E-state index is 0.621. The zero-order valence-corrected chi connectivity index (χ0v) is 8.56. The molecule has 0 aliphatic heterocycles. The molecule has 0 saturated carbocycles. The summed E-state index contributed by atoms with van der Waals surface area (Å²) >= 11 is 0. The van der Waals surface area contributed by atoms with Crippen LogP contribution in [0.1, 0.15) is 33.6 Å². The Kier molecular flexibility index (Phi) is 5.73. The van der Waals surface area contributed by atoms with E-state index >= 15 is 0 Å². The molecule has 12 heavy (non-hydrogen) atoms. The lowest BCUT2D eigenvalue weighted by Crippen LogP contribution is -2.00. The predicted octanol–water partition coefficient (Wildman–Crippen LogP) is 2.88. The summed E-state index contributed by atoms with van der Waals surface area (Å²) in [7, 11) is 0. The average molecular weight is 167 g/mol. The highest BCUT2D eigenvalue weighted by molar-refractivity contribution is 5.23. The van der Waals surface area contributed by atoms with Gasteiger partial charge in [-0.3, -0.25) is 0 Å². The maximum absolute atomic E-state index is 5.45. The van der Waals surface area contributed by atoms with Gasteiger partial charge in [0.1, 0.15) is 0 Å². The lowest BCUT2D eigenvalue weighted by atomic mass is 9.96. The van der Waals surface area contributed by atoms with Gasteiger partial charge >= 0.3 is 0 Å². The fourth-order valence-corrected chi connectivity index (χ4v) is 1.12. The van der Waals surface area contributed by atoms with Gasteiger partial charge in [-0.15, -0.1) is 0 Å². The fraction of sp³-hybridized carbons (Fsp3) is 0.636. The lowest BCUT2D eigenvalue weighted by Gasteiger charge is -2.11. The molecule has 0 rings (SSSR count). The molecule has 0 radical (unpaired) electrons. The molecule has 0 saturated heterocycles. The van der Waals surface area contributed by atoms with Crippen LogP contribution in [0.5, 0.6) is 0 Å². The van der Waals surface area contributed by atoms with Crippen LogP contribution in [0.3, 0.4) is 0 Å². The van der Waals surface area contributed by atoms with Gasteiger partial charge in [0.05, 0.1) is 0 Å². The third kappa shape index (κ3) is 3.72. The third-order valence-electron chi connectivity index (χ3n) is 2.27. The Hall–Kier alpha value is -0.560. The van der Waals surface area contributed by atoms with Crippen molar-refractivity contribution in [2.24, 2.45) is 11.7 Å². The zero-order chi connectivity index (χ0) is 9.56. The van der Waals surface area contributed by atoms with Gasteiger partial charge < -0.3 is 5.73 Å². The molecule has 0 unspecified atom stereocenters. The number of nitrogens with two attached hydrogens (primary N) is 1. The van der Waals surface area contributed by atoms with Crippen LogP contribution in [0.4, 0.5) is 0 Å². The summed E-state index contributed by atoms with van der Waals surface area (Å²) in [5, 5.41) is 0. The molecule has 0 spiro atoms. The molecule has 0 fully saturated rings. The Balaban J connectivity index is 4.28. The van der Waals surface area contributed by atoms with Crippen molar-refractivity contribution in [3.05, 3.63) is 23.8 Å². The van der Waals surface area contributed by atoms with E-state index < -0.39 is 0 Å². The minimum absolute atomic E-state index is 0.621. The molecule has 2 N–H and O–H groups in total. The number of rotatable bonds is 5. The van der Waals surface area contributed by atoms with E-state index in [0.29, 0.717) is 5.92 Å². The second-order valence-electron chi connectivity index (χ2n) is 3.46. The number of allylic oxidation sites excluding steroid dienone is 3. The maximum Gasteiger partial charge on any atom is -0.00741 e. The predicted molar refractivity (Wildman–Crippen MR) is 56.0 cm³/mol. The summed E-state index contributed by atoms with van der Waals surface area (Å²) < 4.78 is 0. The molecule has 0 aliphatic carbocycles. The van der Waals surface area contributed by atoms with Gasteiger partial charge in [0.25, 0.3) is 0 Å². The van der Waals surface area contributed by atoms with Crippen LogP contribution in [0.2, 0.25) is 0 Å². The molecule has 0 aromatic heterocycles. The van der Waals surface area contributed by atoms with E-state index in [-0.39, 0.29) is 0 Å². The van der Waals surface area contributed by atoms with Gasteiger partial charge in [-0.25, -0.2) is 0 Å². The Morgan fingerprint density at radius 1 is 1.50 bits per heavy atom. The first-order chi connectivity index (χ1) is 5.63. The molecule has 0 aromatic rings. The molecule has 1 heteroatoms. The van der Waals surface area contributed by atoms with E-state index in [1.54, 1.807) is 0 Å². The van der Waals surface area contributed by atoms with Gasteiger partial charge in [0, 0.05) is 0 Å². The SMILES string of the molecule is C=C/C(CCCN)=C(/C)C(C)C. The average Bonchev–Trinajstić information content (AvgIpc) is 2.05. The van der Waals surface area contributed by atoms with Crippen LogP contribution in [0.25, 0.3) is 0 Å². The first-order valence-corrected chi connectivity index (χ1v) is 4.65. The van der Waals surface area contributed by atoms with Gasteiger partial charge in [0.2, 0.25) is 0 Å². The summed E-state index contributed by atoms with van der Waals surface area (Å²) in [6.45, 7) is 11.2. The van der Waals surface area contributed by atoms with Crippen LogP contribution in [0, 0.1) is 5.92 Å². The van der Waals surface area contributed by atoms with Crippen LogP contribution < -0.4 is 5.73 Å². The molecule has 0 aliphatic rings. The van der Waals surface area contributed by atoms with Crippen molar-refractivity contribution in [3.63, 3.8) is 0 Å². The molecular formula is C11H21N. The molecule has 0 amide bonds. The zero-order valence-electron chi connectivity index (χ0n) is 8.56. The van der Waals surface area contributed by atoms with Crippen molar-refractivity contribution in [2.45, 2.75) is 33.6 Å². The van der Waals surface area contributed by atoms with Crippen molar-refractivity contribution in [1.29, 1.82) is 0 Å². The first kappa shape index (κ1) is 11.4. The van der Waals surface area contributed by atoms with Gasteiger partial charge in [0.15, 0.2) is 0 Å². The van der Waals surface area contributed by atoms with Crippen molar-refractivity contribution < 1.29 is 0 Å². The van der Waals surface area contributed by atoms with E-state index in [2.05, 4.69) is 27.4 Å². The topological polar surface area (TPSA) is 26.0 Å². The van der Waals surface area contributed by atoms with Crippen LogP contribution in [0.15, 0.2) is 23.8 Å². The normalized spacial score (nSPS) is 13.1. The molecule has 70 valence electrons. The second kappa shape index (κ2) is 6.01. The van der Waals surface area contributed by atoms with E-state index in [4.69, 9.17) is 5.73 Å². The van der Waals surface area contributed by atoms with E-state index in [1.807, 2.05) is 6.08 Å². The first-order valence-electron chi connectivity index (χ1n) is 4.65. The van der Waals surface area contributed by atoms with E-state index in [0.717, 1.165) is 19.4 Å². The highest BCUT2D eigenvalue weighted by Crippen LogP contribution is 2.18. The number of hydrogen-bond acceptors (Lipinski definition) is 1. The summed E-state index contributed by atoms with van der Waals surface area (Å²) in [4.78, 5) is 0. The largest absolute Gasteiger partial charge is 0.330 e. The smallest absolute Gasteiger partial charge is 0.00741 e. The van der Waals surface area contributed by atoms with Crippen molar-refractivity contribution in [2.75, 3.05) is 6.54 Å². The molecule has 1 nitrogen and oxygen atoms in total. The third-order valence-corrected chi connectivity index (χ3v) is 2.27. The van der Waals surface area contributed by atoms with E-state index in [9.17, 15) is 0 Å². The van der Waals surface area contributed by atoms with Gasteiger partial charge in [-0.2, -0.15) is 0 Å². The molecule has 0 aromatic carbocycles. The van der Waals surface area contributed by atoms with Crippen LogP contribution in [-0.4, -0.2) is 6.54 Å². The van der Waals surface area contributed by atoms with Crippen LogP contribution in [-0.2, 0) is 0 Å². The Bertz CT molecular complexity index is 166. The second-order valence-corrected chi connectivity index (χ2v) is 3.46. The summed E-state index contributed by atoms with van der Waals surface area (Å²) in [5.41, 5.74) is 8.26. The van der Waals surface area contributed by atoms with Crippen molar-refractivity contribution >= 4 is 0 Å². The van der Waals surface area contributed by atoms with Crippen molar-refractivity contribution in [3.8, 4) is 0 Å². The van der Waals surface area contributed by atoms with Crippen LogP contribution >= 0.6 is 0 Å². The molecule has 0 atom stereocenters. The molecular weight excluding hydrogens is 146 g/mol. The van der Waals surface area contributed by atoms with E-state index in [1.165, 1.54) is 11.1 Å². The number of hydrogen-bond donors (Lipinski definition) is 1. The molecule has 0 heterocycles.